The molecular weight excluding hydrogens is 180 g/mol. The van der Waals surface area contributed by atoms with Gasteiger partial charge in [-0.3, -0.25) is 0 Å². The first kappa shape index (κ1) is 9.13. The van der Waals surface area contributed by atoms with Gasteiger partial charge in [0.1, 0.15) is 0 Å². The molecule has 0 aromatic carbocycles. The standard InChI is InChI=1S/C11H18O3/c12-3-4-13-11-6-8-1-2-10(14-11)9(5-8)7-11/h8-10,12H,1-7H2. The summed E-state index contributed by atoms with van der Waals surface area (Å²) in [6.45, 7) is 0.525. The van der Waals surface area contributed by atoms with Crippen molar-refractivity contribution in [3.05, 3.63) is 0 Å². The van der Waals surface area contributed by atoms with Crippen LogP contribution in [0, 0.1) is 11.8 Å². The van der Waals surface area contributed by atoms with Crippen molar-refractivity contribution < 1.29 is 14.6 Å². The van der Waals surface area contributed by atoms with E-state index in [9.17, 15) is 0 Å². The first-order valence-electron chi connectivity index (χ1n) is 5.74. The normalized spacial score (nSPS) is 49.9. The molecule has 3 nitrogen and oxygen atoms in total. The fourth-order valence-corrected chi connectivity index (χ4v) is 3.57. The number of rotatable bonds is 3. The van der Waals surface area contributed by atoms with Crippen LogP contribution >= 0.6 is 0 Å². The van der Waals surface area contributed by atoms with Gasteiger partial charge in [0, 0.05) is 12.8 Å². The van der Waals surface area contributed by atoms with Gasteiger partial charge in [-0.1, -0.05) is 0 Å². The van der Waals surface area contributed by atoms with Crippen molar-refractivity contribution in [2.75, 3.05) is 13.2 Å². The molecule has 3 heteroatoms. The van der Waals surface area contributed by atoms with Crippen LogP contribution in [0.15, 0.2) is 0 Å². The molecule has 3 fully saturated rings. The number of aliphatic hydroxyl groups excluding tert-OH is 1. The Morgan fingerprint density at radius 3 is 3.14 bits per heavy atom. The molecule has 1 aliphatic heterocycles. The highest BCUT2D eigenvalue weighted by molar-refractivity contribution is 4.99. The Hall–Kier alpha value is -0.120. The Labute approximate surface area is 84.4 Å². The molecule has 1 saturated heterocycles. The third-order valence-corrected chi connectivity index (χ3v) is 4.02. The lowest BCUT2D eigenvalue weighted by atomic mass is 9.71. The van der Waals surface area contributed by atoms with Crippen LogP contribution < -0.4 is 0 Å². The van der Waals surface area contributed by atoms with Crippen LogP contribution in [0.3, 0.4) is 0 Å². The summed E-state index contributed by atoms with van der Waals surface area (Å²) in [5.74, 6) is 1.24. The molecule has 80 valence electrons. The Morgan fingerprint density at radius 2 is 2.29 bits per heavy atom. The van der Waals surface area contributed by atoms with Gasteiger partial charge in [0.25, 0.3) is 0 Å². The van der Waals surface area contributed by atoms with Crippen LogP contribution in [0.4, 0.5) is 0 Å². The van der Waals surface area contributed by atoms with E-state index in [0.717, 1.165) is 24.7 Å². The van der Waals surface area contributed by atoms with Gasteiger partial charge in [0.15, 0.2) is 5.79 Å². The molecular formula is C11H18O3. The fourth-order valence-electron chi connectivity index (χ4n) is 3.57. The molecule has 1 heterocycles. The third kappa shape index (κ3) is 1.30. The molecule has 0 radical (unpaired) electrons. The van der Waals surface area contributed by atoms with Crippen molar-refractivity contribution in [1.29, 1.82) is 0 Å². The van der Waals surface area contributed by atoms with Crippen LogP contribution in [-0.4, -0.2) is 30.2 Å². The highest BCUT2D eigenvalue weighted by Crippen LogP contribution is 2.54. The van der Waals surface area contributed by atoms with Crippen LogP contribution in [-0.2, 0) is 9.47 Å². The van der Waals surface area contributed by atoms with Crippen LogP contribution in [0.5, 0.6) is 0 Å². The van der Waals surface area contributed by atoms with Gasteiger partial charge in [-0.05, 0) is 31.1 Å². The van der Waals surface area contributed by atoms with Gasteiger partial charge in [-0.15, -0.1) is 0 Å². The minimum atomic E-state index is -0.308. The molecule has 0 spiro atoms. The zero-order valence-corrected chi connectivity index (χ0v) is 8.45. The predicted octanol–water partition coefficient (Wildman–Crippen LogP) is 1.30. The van der Waals surface area contributed by atoms with Gasteiger partial charge in [0.2, 0.25) is 0 Å². The van der Waals surface area contributed by atoms with Crippen molar-refractivity contribution in [3.63, 3.8) is 0 Å². The third-order valence-electron chi connectivity index (χ3n) is 4.02. The number of fused-ring (bicyclic) bond motifs is 2. The number of aliphatic hydroxyl groups is 1. The van der Waals surface area contributed by atoms with E-state index in [1.807, 2.05) is 0 Å². The largest absolute Gasteiger partial charge is 0.394 e. The van der Waals surface area contributed by atoms with Crippen molar-refractivity contribution in [3.8, 4) is 0 Å². The van der Waals surface area contributed by atoms with E-state index in [1.165, 1.54) is 19.3 Å². The van der Waals surface area contributed by atoms with E-state index in [-0.39, 0.29) is 12.4 Å². The molecule has 0 aromatic heterocycles. The minimum absolute atomic E-state index is 0.102. The molecule has 4 unspecified atom stereocenters. The molecule has 3 rings (SSSR count). The summed E-state index contributed by atoms with van der Waals surface area (Å²) in [6.07, 6.45) is 6.45. The molecule has 3 aliphatic rings. The summed E-state index contributed by atoms with van der Waals surface area (Å²) in [7, 11) is 0. The lowest BCUT2D eigenvalue weighted by molar-refractivity contribution is -0.232. The molecule has 2 saturated carbocycles. The maximum absolute atomic E-state index is 8.79. The van der Waals surface area contributed by atoms with Gasteiger partial charge >= 0.3 is 0 Å². The molecule has 4 atom stereocenters. The lowest BCUT2D eigenvalue weighted by Crippen LogP contribution is -2.37. The predicted molar refractivity (Wildman–Crippen MR) is 50.7 cm³/mol. The van der Waals surface area contributed by atoms with E-state index in [4.69, 9.17) is 14.6 Å². The van der Waals surface area contributed by atoms with Crippen molar-refractivity contribution in [2.24, 2.45) is 11.8 Å². The second-order valence-electron chi connectivity index (χ2n) is 4.99. The summed E-state index contributed by atoms with van der Waals surface area (Å²) in [4.78, 5) is 0. The maximum atomic E-state index is 8.79. The van der Waals surface area contributed by atoms with E-state index in [0.29, 0.717) is 12.7 Å². The Balaban J connectivity index is 1.76. The SMILES string of the molecule is OCCOC12CC3CCC(O1)C(C3)C2. The summed E-state index contributed by atoms with van der Waals surface area (Å²) in [6, 6.07) is 0. The van der Waals surface area contributed by atoms with E-state index >= 15 is 0 Å². The van der Waals surface area contributed by atoms with E-state index < -0.39 is 0 Å². The van der Waals surface area contributed by atoms with Gasteiger partial charge in [-0.2, -0.15) is 0 Å². The Morgan fingerprint density at radius 1 is 1.36 bits per heavy atom. The number of hydrogen-bond donors (Lipinski definition) is 1. The first-order chi connectivity index (χ1) is 6.81. The summed E-state index contributed by atoms with van der Waals surface area (Å²) >= 11 is 0. The summed E-state index contributed by atoms with van der Waals surface area (Å²) in [5.41, 5.74) is 0. The topological polar surface area (TPSA) is 38.7 Å². The zero-order chi connectivity index (χ0) is 9.60. The average Bonchev–Trinajstić information content (AvgIpc) is 2.35. The molecule has 14 heavy (non-hydrogen) atoms. The Kier molecular flexibility index (Phi) is 2.08. The lowest BCUT2D eigenvalue weighted by Gasteiger charge is -2.36. The second kappa shape index (κ2) is 3.19. The molecule has 1 N–H and O–H groups in total. The van der Waals surface area contributed by atoms with Crippen molar-refractivity contribution >= 4 is 0 Å². The van der Waals surface area contributed by atoms with Gasteiger partial charge in [0.05, 0.1) is 19.3 Å². The number of ether oxygens (including phenoxy) is 2. The van der Waals surface area contributed by atoms with Crippen LogP contribution in [0.1, 0.15) is 32.1 Å². The summed E-state index contributed by atoms with van der Waals surface area (Å²) < 4.78 is 11.8. The molecule has 0 amide bonds. The van der Waals surface area contributed by atoms with Crippen molar-refractivity contribution in [2.45, 2.75) is 44.0 Å². The average molecular weight is 198 g/mol. The second-order valence-corrected chi connectivity index (χ2v) is 4.99. The van der Waals surface area contributed by atoms with E-state index in [1.54, 1.807) is 0 Å². The monoisotopic (exact) mass is 198 g/mol. The smallest absolute Gasteiger partial charge is 0.169 e. The summed E-state index contributed by atoms with van der Waals surface area (Å²) in [5, 5.41) is 8.79. The van der Waals surface area contributed by atoms with E-state index in [2.05, 4.69) is 0 Å². The number of hydrogen-bond acceptors (Lipinski definition) is 3. The Bertz CT molecular complexity index is 227. The molecule has 2 aliphatic carbocycles. The van der Waals surface area contributed by atoms with Gasteiger partial charge in [-0.25, -0.2) is 0 Å². The van der Waals surface area contributed by atoms with Crippen LogP contribution in [0.25, 0.3) is 0 Å². The maximum Gasteiger partial charge on any atom is 0.169 e. The molecule has 3 bridgehead atoms. The van der Waals surface area contributed by atoms with Crippen molar-refractivity contribution in [1.82, 2.24) is 0 Å². The fraction of sp³-hybridized carbons (Fsp3) is 1.00. The first-order valence-corrected chi connectivity index (χ1v) is 5.74. The highest BCUT2D eigenvalue weighted by Gasteiger charge is 2.54. The zero-order valence-electron chi connectivity index (χ0n) is 8.45. The van der Waals surface area contributed by atoms with Crippen LogP contribution in [0.2, 0.25) is 0 Å². The van der Waals surface area contributed by atoms with Gasteiger partial charge < -0.3 is 14.6 Å². The molecule has 0 aromatic rings. The highest BCUT2D eigenvalue weighted by atomic mass is 16.7. The minimum Gasteiger partial charge on any atom is -0.394 e. The quantitative estimate of drug-likeness (QED) is 0.743.